The van der Waals surface area contributed by atoms with Gasteiger partial charge in [-0.15, -0.1) is 11.8 Å². The van der Waals surface area contributed by atoms with Crippen molar-refractivity contribution in [3.63, 3.8) is 0 Å². The van der Waals surface area contributed by atoms with Crippen molar-refractivity contribution in [1.29, 1.82) is 0 Å². The van der Waals surface area contributed by atoms with Crippen LogP contribution in [0.2, 0.25) is 0 Å². The van der Waals surface area contributed by atoms with E-state index in [4.69, 9.17) is 4.52 Å². The van der Waals surface area contributed by atoms with Gasteiger partial charge in [0.2, 0.25) is 5.89 Å². The minimum atomic E-state index is -0.0744. The summed E-state index contributed by atoms with van der Waals surface area (Å²) in [4.78, 5) is 17.9. The maximum Gasteiger partial charge on any atom is 0.252 e. The molecule has 0 saturated carbocycles. The van der Waals surface area contributed by atoms with Gasteiger partial charge in [0, 0.05) is 17.5 Å². The first-order valence-electron chi connectivity index (χ1n) is 9.31. The molecule has 7 heteroatoms. The number of aromatic nitrogens is 2. The average Bonchev–Trinajstić information content (AvgIpc) is 3.16. The Morgan fingerprint density at radius 3 is 2.93 bits per heavy atom. The lowest BCUT2D eigenvalue weighted by Gasteiger charge is -2.27. The van der Waals surface area contributed by atoms with E-state index >= 15 is 0 Å². The normalized spacial score (nSPS) is 15.8. The molecule has 0 aliphatic carbocycles. The number of fused-ring (bicyclic) bond motifs is 1. The van der Waals surface area contributed by atoms with E-state index in [9.17, 15) is 4.79 Å². The lowest BCUT2D eigenvalue weighted by molar-refractivity contribution is 0.0946. The highest BCUT2D eigenvalue weighted by molar-refractivity contribution is 7.98. The molecule has 0 saturated heterocycles. The Kier molecular flexibility index (Phi) is 5.73. The summed E-state index contributed by atoms with van der Waals surface area (Å²) >= 11 is 1.52. The Labute approximate surface area is 168 Å². The highest BCUT2D eigenvalue weighted by atomic mass is 32.2. The summed E-state index contributed by atoms with van der Waals surface area (Å²) in [5, 5.41) is 10.4. The smallest absolute Gasteiger partial charge is 0.252 e. The van der Waals surface area contributed by atoms with Gasteiger partial charge in [0.25, 0.3) is 5.91 Å². The van der Waals surface area contributed by atoms with Crippen molar-refractivity contribution in [2.24, 2.45) is 0 Å². The van der Waals surface area contributed by atoms with E-state index in [1.54, 1.807) is 6.92 Å². The van der Waals surface area contributed by atoms with Crippen molar-refractivity contribution in [1.82, 2.24) is 20.8 Å². The van der Waals surface area contributed by atoms with Crippen LogP contribution in [0.3, 0.4) is 0 Å². The van der Waals surface area contributed by atoms with Gasteiger partial charge in [-0.1, -0.05) is 41.6 Å². The molecule has 1 amide bonds. The highest BCUT2D eigenvalue weighted by Crippen LogP contribution is 2.26. The Bertz CT molecular complexity index is 972. The standard InChI is InChI=1S/C21H22N4O2S/c1-14-24-20(27-25-14)13-28-19-9-5-4-8-17(19)21(26)23-12-18-16-7-3-2-6-15(16)10-11-22-18/h2-9,18,22H,10-13H2,1H3,(H,23,26). The van der Waals surface area contributed by atoms with Crippen LogP contribution in [-0.2, 0) is 12.2 Å². The lowest BCUT2D eigenvalue weighted by Crippen LogP contribution is -2.38. The number of rotatable bonds is 6. The van der Waals surface area contributed by atoms with E-state index in [1.807, 2.05) is 30.3 Å². The number of benzene rings is 2. The van der Waals surface area contributed by atoms with Crippen LogP contribution in [0.25, 0.3) is 0 Å². The van der Waals surface area contributed by atoms with E-state index in [0.717, 1.165) is 17.9 Å². The summed E-state index contributed by atoms with van der Waals surface area (Å²) in [5.74, 6) is 1.63. The van der Waals surface area contributed by atoms with Gasteiger partial charge in [-0.2, -0.15) is 4.98 Å². The predicted octanol–water partition coefficient (Wildman–Crippen LogP) is 3.29. The van der Waals surface area contributed by atoms with Crippen molar-refractivity contribution in [2.45, 2.75) is 30.0 Å². The second-order valence-corrected chi connectivity index (χ2v) is 7.70. The number of nitrogens with zero attached hydrogens (tertiary/aromatic N) is 2. The average molecular weight is 395 g/mol. The van der Waals surface area contributed by atoms with E-state index in [0.29, 0.717) is 29.6 Å². The van der Waals surface area contributed by atoms with Gasteiger partial charge in [0.05, 0.1) is 11.3 Å². The molecule has 2 heterocycles. The number of carbonyl (C=O) groups is 1. The van der Waals surface area contributed by atoms with Gasteiger partial charge in [0.1, 0.15) is 0 Å². The maximum atomic E-state index is 12.8. The largest absolute Gasteiger partial charge is 0.350 e. The van der Waals surface area contributed by atoms with Crippen molar-refractivity contribution < 1.29 is 9.32 Å². The summed E-state index contributed by atoms with van der Waals surface area (Å²) in [5.41, 5.74) is 3.28. The van der Waals surface area contributed by atoms with Crippen LogP contribution in [0.4, 0.5) is 0 Å². The van der Waals surface area contributed by atoms with Gasteiger partial charge >= 0.3 is 0 Å². The number of carbonyl (C=O) groups excluding carboxylic acids is 1. The van der Waals surface area contributed by atoms with Crippen LogP contribution < -0.4 is 10.6 Å². The summed E-state index contributed by atoms with van der Waals surface area (Å²) in [6, 6.07) is 16.1. The zero-order valence-corrected chi connectivity index (χ0v) is 16.5. The third-order valence-electron chi connectivity index (χ3n) is 4.73. The second kappa shape index (κ2) is 8.58. The second-order valence-electron chi connectivity index (χ2n) is 6.69. The van der Waals surface area contributed by atoms with E-state index in [2.05, 4.69) is 39.0 Å². The molecule has 144 valence electrons. The molecule has 0 bridgehead atoms. The molecule has 1 atom stereocenters. The van der Waals surface area contributed by atoms with E-state index < -0.39 is 0 Å². The predicted molar refractivity (Wildman–Crippen MR) is 108 cm³/mol. The number of thioether (sulfide) groups is 1. The molecule has 6 nitrogen and oxygen atoms in total. The van der Waals surface area contributed by atoms with Crippen molar-refractivity contribution in [2.75, 3.05) is 13.1 Å². The molecular formula is C21H22N4O2S. The number of hydrogen-bond acceptors (Lipinski definition) is 6. The molecule has 0 spiro atoms. The quantitative estimate of drug-likeness (QED) is 0.625. The first kappa shape index (κ1) is 18.7. The number of amides is 1. The SMILES string of the molecule is Cc1noc(CSc2ccccc2C(=O)NCC2NCCc3ccccc32)n1. The molecule has 1 unspecified atom stereocenters. The van der Waals surface area contributed by atoms with Crippen LogP contribution in [-0.4, -0.2) is 29.1 Å². The van der Waals surface area contributed by atoms with Crippen LogP contribution in [0.1, 0.15) is 39.2 Å². The summed E-state index contributed by atoms with van der Waals surface area (Å²) < 4.78 is 5.16. The fourth-order valence-electron chi connectivity index (χ4n) is 3.38. The zero-order valence-electron chi connectivity index (χ0n) is 15.6. The molecule has 28 heavy (non-hydrogen) atoms. The zero-order chi connectivity index (χ0) is 19.3. The molecular weight excluding hydrogens is 372 g/mol. The molecule has 3 aromatic rings. The molecule has 1 aliphatic heterocycles. The fourth-order valence-corrected chi connectivity index (χ4v) is 4.27. The molecule has 1 aromatic heterocycles. The van der Waals surface area contributed by atoms with Gasteiger partial charge in [-0.25, -0.2) is 0 Å². The number of aryl methyl sites for hydroxylation is 1. The van der Waals surface area contributed by atoms with Crippen LogP contribution in [0.5, 0.6) is 0 Å². The summed E-state index contributed by atoms with van der Waals surface area (Å²) in [6.07, 6.45) is 1.02. The van der Waals surface area contributed by atoms with Crippen LogP contribution in [0.15, 0.2) is 57.9 Å². The topological polar surface area (TPSA) is 80.0 Å². The van der Waals surface area contributed by atoms with E-state index in [1.165, 1.54) is 22.9 Å². The number of hydrogen-bond donors (Lipinski definition) is 2. The first-order valence-corrected chi connectivity index (χ1v) is 10.3. The maximum absolute atomic E-state index is 12.8. The van der Waals surface area contributed by atoms with Crippen molar-refractivity contribution in [3.05, 3.63) is 76.9 Å². The van der Waals surface area contributed by atoms with Gasteiger partial charge in [0.15, 0.2) is 5.82 Å². The highest BCUT2D eigenvalue weighted by Gasteiger charge is 2.20. The number of nitrogens with one attached hydrogen (secondary N) is 2. The van der Waals surface area contributed by atoms with Gasteiger partial charge < -0.3 is 15.2 Å². The van der Waals surface area contributed by atoms with Crippen LogP contribution >= 0.6 is 11.8 Å². The molecule has 0 radical (unpaired) electrons. The summed E-state index contributed by atoms with van der Waals surface area (Å²) in [7, 11) is 0. The minimum absolute atomic E-state index is 0.0744. The Balaban J connectivity index is 1.41. The first-order chi connectivity index (χ1) is 13.7. The van der Waals surface area contributed by atoms with Crippen molar-refractivity contribution >= 4 is 17.7 Å². The van der Waals surface area contributed by atoms with Crippen molar-refractivity contribution in [3.8, 4) is 0 Å². The summed E-state index contributed by atoms with van der Waals surface area (Å²) in [6.45, 7) is 3.27. The lowest BCUT2D eigenvalue weighted by atomic mass is 9.94. The third-order valence-corrected chi connectivity index (χ3v) is 5.79. The fraction of sp³-hybridized carbons (Fsp3) is 0.286. The van der Waals surface area contributed by atoms with Gasteiger partial charge in [-0.3, -0.25) is 4.79 Å². The van der Waals surface area contributed by atoms with Gasteiger partial charge in [-0.05, 0) is 43.1 Å². The Morgan fingerprint density at radius 2 is 2.07 bits per heavy atom. The molecule has 1 aliphatic rings. The monoisotopic (exact) mass is 394 g/mol. The molecule has 0 fully saturated rings. The molecule has 4 rings (SSSR count). The Morgan fingerprint density at radius 1 is 1.25 bits per heavy atom. The molecule has 2 N–H and O–H groups in total. The Hall–Kier alpha value is -2.64. The van der Waals surface area contributed by atoms with Crippen LogP contribution in [0, 0.1) is 6.92 Å². The minimum Gasteiger partial charge on any atom is -0.350 e. The molecule has 2 aromatic carbocycles. The van der Waals surface area contributed by atoms with E-state index in [-0.39, 0.29) is 11.9 Å². The third kappa shape index (κ3) is 4.26.